The Balaban J connectivity index is 1.70. The van der Waals surface area contributed by atoms with Crippen LogP contribution in [0.25, 0.3) is 22.4 Å². The van der Waals surface area contributed by atoms with Crippen LogP contribution in [0.15, 0.2) is 35.0 Å². The summed E-state index contributed by atoms with van der Waals surface area (Å²) < 4.78 is 20.9. The fourth-order valence-electron chi connectivity index (χ4n) is 3.20. The van der Waals surface area contributed by atoms with Crippen molar-refractivity contribution in [3.63, 3.8) is 0 Å². The molecule has 1 N–H and O–H groups in total. The van der Waals surface area contributed by atoms with Crippen molar-refractivity contribution < 1.29 is 18.7 Å². The number of nitrogens with zero attached hydrogens (tertiary/aromatic N) is 5. The topological polar surface area (TPSA) is 116 Å². The van der Waals surface area contributed by atoms with Gasteiger partial charge in [-0.3, -0.25) is 0 Å². The largest absolute Gasteiger partial charge is 0.465 e. The summed E-state index contributed by atoms with van der Waals surface area (Å²) in [6, 6.07) is 8.57. The van der Waals surface area contributed by atoms with Crippen LogP contribution in [0.4, 0.5) is 9.18 Å². The average Bonchev–Trinajstić information content (AvgIpc) is 3.12. The zero-order valence-corrected chi connectivity index (χ0v) is 14.1. The molecule has 4 rings (SSSR count). The van der Waals surface area contributed by atoms with E-state index in [0.29, 0.717) is 35.3 Å². The van der Waals surface area contributed by atoms with Crippen molar-refractivity contribution in [1.82, 2.24) is 19.9 Å². The van der Waals surface area contributed by atoms with Crippen molar-refractivity contribution in [2.45, 2.75) is 18.5 Å². The number of rotatable bonds is 2. The smallest absolute Gasteiger partial charge is 0.407 e. The van der Waals surface area contributed by atoms with Crippen molar-refractivity contribution in [3.05, 3.63) is 42.2 Å². The Bertz CT molecular complexity index is 1080. The first-order valence-electron chi connectivity index (χ1n) is 8.29. The molecule has 1 aromatic carbocycles. The molecule has 1 aliphatic heterocycles. The SMILES string of the molecule is N#Cc1cc(-c2ccc3oc(C4(F)CCCN(C(=O)O)C4)nc3c2)ncn1. The number of carbonyl (C=O) groups is 1. The molecule has 3 heterocycles. The molecule has 2 aromatic heterocycles. The molecule has 3 aromatic rings. The predicted octanol–water partition coefficient (Wildman–Crippen LogP) is 3.10. The van der Waals surface area contributed by atoms with Gasteiger partial charge in [0.1, 0.15) is 23.6 Å². The summed E-state index contributed by atoms with van der Waals surface area (Å²) in [5.41, 5.74) is 0.331. The van der Waals surface area contributed by atoms with E-state index in [1.54, 1.807) is 24.3 Å². The van der Waals surface area contributed by atoms with Gasteiger partial charge in [-0.05, 0) is 31.0 Å². The molecular weight excluding hydrogens is 353 g/mol. The molecule has 0 aliphatic carbocycles. The van der Waals surface area contributed by atoms with Gasteiger partial charge in [-0.1, -0.05) is 0 Å². The Hall–Kier alpha value is -3.54. The lowest BCUT2D eigenvalue weighted by atomic mass is 9.95. The van der Waals surface area contributed by atoms with E-state index in [1.165, 1.54) is 6.33 Å². The van der Waals surface area contributed by atoms with Gasteiger partial charge in [0.2, 0.25) is 11.6 Å². The number of aromatic nitrogens is 3. The van der Waals surface area contributed by atoms with E-state index in [-0.39, 0.29) is 24.6 Å². The quantitative estimate of drug-likeness (QED) is 0.740. The molecule has 27 heavy (non-hydrogen) atoms. The third-order valence-corrected chi connectivity index (χ3v) is 4.56. The molecule has 0 saturated carbocycles. The molecule has 0 spiro atoms. The molecule has 136 valence electrons. The molecule has 8 nitrogen and oxygen atoms in total. The number of amides is 1. The lowest BCUT2D eigenvalue weighted by Gasteiger charge is -2.33. The summed E-state index contributed by atoms with van der Waals surface area (Å²) in [6.45, 7) is -0.0141. The molecule has 1 fully saturated rings. The third-order valence-electron chi connectivity index (χ3n) is 4.56. The number of hydrogen-bond donors (Lipinski definition) is 1. The average molecular weight is 367 g/mol. The molecule has 9 heteroatoms. The van der Waals surface area contributed by atoms with Gasteiger partial charge >= 0.3 is 6.09 Å². The Labute approximate surface area is 152 Å². The number of halogens is 1. The number of hydrogen-bond acceptors (Lipinski definition) is 6. The van der Waals surface area contributed by atoms with Crippen molar-refractivity contribution in [3.8, 4) is 17.3 Å². The molecular formula is C18H14FN5O3. The number of oxazole rings is 1. The van der Waals surface area contributed by atoms with Crippen molar-refractivity contribution in [2.75, 3.05) is 13.1 Å². The zero-order chi connectivity index (χ0) is 19.0. The van der Waals surface area contributed by atoms with E-state index in [0.717, 1.165) is 4.90 Å². The summed E-state index contributed by atoms with van der Waals surface area (Å²) in [5.74, 6) is -0.124. The molecule has 0 radical (unpaired) electrons. The van der Waals surface area contributed by atoms with Gasteiger partial charge < -0.3 is 14.4 Å². The van der Waals surface area contributed by atoms with Crippen LogP contribution < -0.4 is 0 Å². The van der Waals surface area contributed by atoms with Crippen LogP contribution in [-0.4, -0.2) is 44.1 Å². The first kappa shape index (κ1) is 16.9. The molecule has 1 aliphatic rings. The standard InChI is InChI=1S/C18H14FN5O3/c19-18(4-1-5-24(9-18)17(25)26)16-23-14-6-11(2-3-15(14)27-16)13-7-12(8-20)21-10-22-13/h2-3,6-7,10H,1,4-5,9H2,(H,25,26). The molecule has 1 saturated heterocycles. The van der Waals surface area contributed by atoms with Gasteiger partial charge in [0.15, 0.2) is 5.58 Å². The van der Waals surface area contributed by atoms with E-state index < -0.39 is 11.8 Å². The fourth-order valence-corrected chi connectivity index (χ4v) is 3.20. The van der Waals surface area contributed by atoms with E-state index in [2.05, 4.69) is 15.0 Å². The minimum atomic E-state index is -1.96. The van der Waals surface area contributed by atoms with Crippen LogP contribution in [0.3, 0.4) is 0 Å². The summed E-state index contributed by atoms with van der Waals surface area (Å²) in [7, 11) is 0. The van der Waals surface area contributed by atoms with Crippen LogP contribution in [0.1, 0.15) is 24.4 Å². The Kier molecular flexibility index (Phi) is 3.96. The molecule has 1 atom stereocenters. The number of nitriles is 1. The number of piperidine rings is 1. The normalized spacial score (nSPS) is 19.8. The minimum absolute atomic E-state index is 0.124. The maximum atomic E-state index is 15.4. The summed E-state index contributed by atoms with van der Waals surface area (Å²) >= 11 is 0. The van der Waals surface area contributed by atoms with E-state index in [9.17, 15) is 4.79 Å². The van der Waals surface area contributed by atoms with Crippen molar-refractivity contribution in [1.29, 1.82) is 5.26 Å². The third kappa shape index (κ3) is 3.06. The van der Waals surface area contributed by atoms with Gasteiger partial charge in [0.05, 0.1) is 12.2 Å². The highest BCUT2D eigenvalue weighted by Gasteiger charge is 2.43. The summed E-state index contributed by atoms with van der Waals surface area (Å²) in [6.07, 6.45) is 0.677. The van der Waals surface area contributed by atoms with Crippen LogP contribution >= 0.6 is 0 Å². The second kappa shape index (κ2) is 6.32. The van der Waals surface area contributed by atoms with Crippen LogP contribution in [0.2, 0.25) is 0 Å². The van der Waals surface area contributed by atoms with Crippen LogP contribution in [0.5, 0.6) is 0 Å². The molecule has 1 unspecified atom stereocenters. The van der Waals surface area contributed by atoms with Crippen molar-refractivity contribution >= 4 is 17.2 Å². The van der Waals surface area contributed by atoms with Gasteiger partial charge in [-0.25, -0.2) is 24.1 Å². The van der Waals surface area contributed by atoms with E-state index >= 15 is 4.39 Å². The number of carboxylic acid groups (broad SMARTS) is 1. The maximum Gasteiger partial charge on any atom is 0.407 e. The van der Waals surface area contributed by atoms with Gasteiger partial charge in [0, 0.05) is 18.2 Å². The highest BCUT2D eigenvalue weighted by molar-refractivity contribution is 5.79. The van der Waals surface area contributed by atoms with Gasteiger partial charge in [0.25, 0.3) is 0 Å². The molecule has 0 bridgehead atoms. The Morgan fingerprint density at radius 2 is 2.22 bits per heavy atom. The number of benzene rings is 1. The predicted molar refractivity (Wildman–Crippen MR) is 91.4 cm³/mol. The highest BCUT2D eigenvalue weighted by atomic mass is 19.1. The fraction of sp³-hybridized carbons (Fsp3) is 0.278. The van der Waals surface area contributed by atoms with Gasteiger partial charge in [-0.15, -0.1) is 0 Å². The number of likely N-dealkylation sites (tertiary alicyclic amines) is 1. The minimum Gasteiger partial charge on any atom is -0.465 e. The second-order valence-electron chi connectivity index (χ2n) is 6.37. The second-order valence-corrected chi connectivity index (χ2v) is 6.37. The van der Waals surface area contributed by atoms with Crippen LogP contribution in [-0.2, 0) is 5.67 Å². The highest BCUT2D eigenvalue weighted by Crippen LogP contribution is 2.37. The monoisotopic (exact) mass is 367 g/mol. The lowest BCUT2D eigenvalue weighted by molar-refractivity contribution is 0.0248. The lowest BCUT2D eigenvalue weighted by Crippen LogP contribution is -2.46. The van der Waals surface area contributed by atoms with E-state index in [4.69, 9.17) is 14.8 Å². The van der Waals surface area contributed by atoms with E-state index in [1.807, 2.05) is 6.07 Å². The Morgan fingerprint density at radius 1 is 1.37 bits per heavy atom. The van der Waals surface area contributed by atoms with Gasteiger partial charge in [-0.2, -0.15) is 5.26 Å². The number of fused-ring (bicyclic) bond motifs is 1. The molecule has 1 amide bonds. The number of alkyl halides is 1. The zero-order valence-electron chi connectivity index (χ0n) is 14.1. The first-order valence-corrected chi connectivity index (χ1v) is 8.29. The maximum absolute atomic E-state index is 15.4. The van der Waals surface area contributed by atoms with Crippen molar-refractivity contribution in [2.24, 2.45) is 0 Å². The first-order chi connectivity index (χ1) is 13.0. The summed E-state index contributed by atoms with van der Waals surface area (Å²) in [5, 5.41) is 18.1. The summed E-state index contributed by atoms with van der Waals surface area (Å²) in [4.78, 5) is 24.4. The Morgan fingerprint density at radius 3 is 3.00 bits per heavy atom. The van der Waals surface area contributed by atoms with Crippen LogP contribution in [0, 0.1) is 11.3 Å².